The summed E-state index contributed by atoms with van der Waals surface area (Å²) < 4.78 is 16.4. The molecule has 0 aliphatic rings. The highest BCUT2D eigenvalue weighted by Crippen LogP contribution is 2.30. The van der Waals surface area contributed by atoms with E-state index in [0.717, 1.165) is 23.5 Å². The van der Waals surface area contributed by atoms with Crippen LogP contribution in [0.1, 0.15) is 23.9 Å². The highest BCUT2D eigenvalue weighted by atomic mass is 19.1. The molecule has 1 heterocycles. The average molecular weight is 429 g/mol. The van der Waals surface area contributed by atoms with Crippen LogP contribution in [-0.2, 0) is 20.0 Å². The molecular formula is C25H25FN6. The smallest absolute Gasteiger partial charge is 0.181 e. The fraction of sp³-hybridized carbons (Fsp3) is 0.160. The Morgan fingerprint density at radius 1 is 1.03 bits per heavy atom. The van der Waals surface area contributed by atoms with Gasteiger partial charge in [-0.3, -0.25) is 10.1 Å². The lowest BCUT2D eigenvalue weighted by Gasteiger charge is -2.25. The molecule has 0 radical (unpaired) electrons. The molecule has 32 heavy (non-hydrogen) atoms. The van der Waals surface area contributed by atoms with Crippen LogP contribution in [-0.4, -0.2) is 20.6 Å². The Hall–Kier alpha value is -4.00. The number of nitrogens with zero attached hydrogens (tertiary/aromatic N) is 4. The molecular weight excluding hydrogens is 403 g/mol. The number of nitrogen functional groups attached to an aromatic ring is 1. The van der Waals surface area contributed by atoms with Gasteiger partial charge < -0.3 is 10.6 Å². The van der Waals surface area contributed by atoms with Crippen LogP contribution in [0.25, 0.3) is 11.4 Å². The highest BCUT2D eigenvalue weighted by Gasteiger charge is 2.18. The van der Waals surface area contributed by atoms with Crippen molar-refractivity contribution in [1.29, 1.82) is 5.41 Å². The third-order valence-corrected chi connectivity index (χ3v) is 5.37. The Morgan fingerprint density at radius 2 is 1.78 bits per heavy atom. The number of hydrogen-bond donors (Lipinski definition) is 2. The van der Waals surface area contributed by atoms with Crippen molar-refractivity contribution < 1.29 is 4.39 Å². The van der Waals surface area contributed by atoms with E-state index in [-0.39, 0.29) is 11.4 Å². The summed E-state index contributed by atoms with van der Waals surface area (Å²) in [5, 5.41) is 12.1. The number of rotatable bonds is 7. The number of halogens is 1. The predicted molar refractivity (Wildman–Crippen MR) is 126 cm³/mol. The SMILES string of the molecule is CCc1cccc(N(Cc2nc(-c3ccccc3)nn2C)c2ccc(C(=N)N)c(F)c2)c1. The molecule has 0 fully saturated rings. The van der Waals surface area contributed by atoms with Crippen LogP contribution in [0.5, 0.6) is 0 Å². The van der Waals surface area contributed by atoms with E-state index in [4.69, 9.17) is 16.1 Å². The van der Waals surface area contributed by atoms with Gasteiger partial charge in [-0.25, -0.2) is 9.37 Å². The molecule has 3 N–H and O–H groups in total. The first-order chi connectivity index (χ1) is 15.5. The van der Waals surface area contributed by atoms with Crippen LogP contribution >= 0.6 is 0 Å². The van der Waals surface area contributed by atoms with E-state index >= 15 is 0 Å². The van der Waals surface area contributed by atoms with Gasteiger partial charge in [0, 0.05) is 24.0 Å². The minimum absolute atomic E-state index is 0.0843. The molecule has 0 spiro atoms. The van der Waals surface area contributed by atoms with Gasteiger partial charge in [0.1, 0.15) is 17.5 Å². The zero-order valence-corrected chi connectivity index (χ0v) is 18.1. The molecule has 0 unspecified atom stereocenters. The molecule has 0 amide bonds. The minimum Gasteiger partial charge on any atom is -0.384 e. The molecule has 0 aliphatic carbocycles. The topological polar surface area (TPSA) is 83.8 Å². The Morgan fingerprint density at radius 3 is 2.47 bits per heavy atom. The lowest BCUT2D eigenvalue weighted by atomic mass is 10.1. The van der Waals surface area contributed by atoms with Crippen LogP contribution in [0.15, 0.2) is 72.8 Å². The quantitative estimate of drug-likeness (QED) is 0.327. The molecule has 4 aromatic rings. The van der Waals surface area contributed by atoms with Gasteiger partial charge in [-0.05, 0) is 42.3 Å². The van der Waals surface area contributed by atoms with E-state index in [1.807, 2.05) is 54.4 Å². The second-order valence-electron chi connectivity index (χ2n) is 7.53. The summed E-state index contributed by atoms with van der Waals surface area (Å²) in [6, 6.07) is 22.6. The van der Waals surface area contributed by atoms with Crippen molar-refractivity contribution in [3.63, 3.8) is 0 Å². The van der Waals surface area contributed by atoms with Crippen LogP contribution in [0.2, 0.25) is 0 Å². The number of anilines is 2. The summed E-state index contributed by atoms with van der Waals surface area (Å²) in [7, 11) is 1.86. The van der Waals surface area contributed by atoms with Crippen LogP contribution in [0.4, 0.5) is 15.8 Å². The van der Waals surface area contributed by atoms with Gasteiger partial charge in [-0.15, -0.1) is 0 Å². The van der Waals surface area contributed by atoms with Gasteiger partial charge in [-0.2, -0.15) is 5.10 Å². The van der Waals surface area contributed by atoms with Crippen molar-refractivity contribution in [1.82, 2.24) is 14.8 Å². The van der Waals surface area contributed by atoms with Gasteiger partial charge in [-0.1, -0.05) is 49.4 Å². The van der Waals surface area contributed by atoms with Crippen molar-refractivity contribution in [2.24, 2.45) is 12.8 Å². The maximum atomic E-state index is 14.7. The van der Waals surface area contributed by atoms with Crippen molar-refractivity contribution in [2.75, 3.05) is 4.90 Å². The Bertz CT molecular complexity index is 1250. The summed E-state index contributed by atoms with van der Waals surface area (Å²) in [6.45, 7) is 2.49. The van der Waals surface area contributed by atoms with E-state index in [9.17, 15) is 4.39 Å². The Kier molecular flexibility index (Phi) is 5.98. The van der Waals surface area contributed by atoms with Crippen LogP contribution in [0.3, 0.4) is 0 Å². The second-order valence-corrected chi connectivity index (χ2v) is 7.53. The normalized spacial score (nSPS) is 10.8. The molecule has 4 rings (SSSR count). The van der Waals surface area contributed by atoms with E-state index in [1.165, 1.54) is 17.7 Å². The van der Waals surface area contributed by atoms with Crippen LogP contribution < -0.4 is 10.6 Å². The summed E-state index contributed by atoms with van der Waals surface area (Å²) in [4.78, 5) is 6.73. The molecule has 6 nitrogen and oxygen atoms in total. The summed E-state index contributed by atoms with van der Waals surface area (Å²) >= 11 is 0. The molecule has 0 saturated carbocycles. The fourth-order valence-electron chi connectivity index (χ4n) is 3.57. The molecule has 3 aromatic carbocycles. The lowest BCUT2D eigenvalue weighted by Crippen LogP contribution is -2.20. The fourth-order valence-corrected chi connectivity index (χ4v) is 3.57. The molecule has 1 aromatic heterocycles. The third kappa shape index (κ3) is 4.37. The highest BCUT2D eigenvalue weighted by molar-refractivity contribution is 5.95. The average Bonchev–Trinajstić information content (AvgIpc) is 3.18. The van der Waals surface area contributed by atoms with Gasteiger partial charge >= 0.3 is 0 Å². The Balaban J connectivity index is 1.76. The molecule has 0 aliphatic heterocycles. The van der Waals surface area contributed by atoms with E-state index < -0.39 is 5.82 Å². The molecule has 162 valence electrons. The zero-order valence-electron chi connectivity index (χ0n) is 18.1. The predicted octanol–water partition coefficient (Wildman–Crippen LogP) is 4.81. The van der Waals surface area contributed by atoms with Gasteiger partial charge in [0.15, 0.2) is 5.82 Å². The molecule has 0 bridgehead atoms. The van der Waals surface area contributed by atoms with Crippen molar-refractivity contribution in [3.8, 4) is 11.4 Å². The number of aromatic nitrogens is 3. The lowest BCUT2D eigenvalue weighted by molar-refractivity contribution is 0.624. The first kappa shape index (κ1) is 21.2. The number of aryl methyl sites for hydroxylation is 2. The monoisotopic (exact) mass is 428 g/mol. The number of hydrogen-bond acceptors (Lipinski definition) is 4. The van der Waals surface area contributed by atoms with Gasteiger partial charge in [0.2, 0.25) is 0 Å². The van der Waals surface area contributed by atoms with Crippen molar-refractivity contribution >= 4 is 17.2 Å². The molecule has 0 atom stereocenters. The first-order valence-electron chi connectivity index (χ1n) is 10.4. The maximum Gasteiger partial charge on any atom is 0.181 e. The third-order valence-electron chi connectivity index (χ3n) is 5.37. The minimum atomic E-state index is -0.533. The van der Waals surface area contributed by atoms with Gasteiger partial charge in [0.05, 0.1) is 12.1 Å². The number of benzene rings is 3. The van der Waals surface area contributed by atoms with E-state index in [2.05, 4.69) is 24.2 Å². The Labute approximate surface area is 186 Å². The van der Waals surface area contributed by atoms with E-state index in [0.29, 0.717) is 18.1 Å². The number of amidine groups is 1. The first-order valence-corrected chi connectivity index (χ1v) is 10.4. The summed E-state index contributed by atoms with van der Waals surface area (Å²) in [5.74, 6) is 0.550. The largest absolute Gasteiger partial charge is 0.384 e. The number of nitrogens with two attached hydrogens (primary N) is 1. The molecule has 0 saturated heterocycles. The van der Waals surface area contributed by atoms with Crippen LogP contribution in [0, 0.1) is 11.2 Å². The molecule has 7 heteroatoms. The maximum absolute atomic E-state index is 14.7. The second kappa shape index (κ2) is 9.01. The van der Waals surface area contributed by atoms with Gasteiger partial charge in [0.25, 0.3) is 0 Å². The summed E-state index contributed by atoms with van der Waals surface area (Å²) in [6.07, 6.45) is 0.890. The van der Waals surface area contributed by atoms with Crippen molar-refractivity contribution in [3.05, 3.63) is 95.6 Å². The zero-order chi connectivity index (χ0) is 22.7. The standard InChI is InChI=1S/C25H25FN6/c1-3-17-8-7-11-19(14-17)32(20-12-13-21(24(27)28)22(26)15-20)16-23-29-25(30-31(23)2)18-9-5-4-6-10-18/h4-15H,3,16H2,1-2H3,(H3,27,28). The van der Waals surface area contributed by atoms with Crippen molar-refractivity contribution in [2.45, 2.75) is 19.9 Å². The summed E-state index contributed by atoms with van der Waals surface area (Å²) in [5.41, 5.74) is 9.26. The number of nitrogens with one attached hydrogen (secondary N) is 1. The van der Waals surface area contributed by atoms with E-state index in [1.54, 1.807) is 10.7 Å².